The fourth-order valence-electron chi connectivity index (χ4n) is 16.9. The third-order valence-corrected chi connectivity index (χ3v) is 25.6. The van der Waals surface area contributed by atoms with Gasteiger partial charge in [0.25, 0.3) is 11.8 Å². The number of nitrogens with one attached hydrogen (secondary N) is 2. The van der Waals surface area contributed by atoms with Gasteiger partial charge in [0.15, 0.2) is 0 Å². The summed E-state index contributed by atoms with van der Waals surface area (Å²) in [5, 5.41) is 19.4. The molecule has 9 heterocycles. The highest BCUT2D eigenvalue weighted by Gasteiger charge is 2.41. The summed E-state index contributed by atoms with van der Waals surface area (Å²) in [4.78, 5) is 115. The molecule has 117 heavy (non-hydrogen) atoms. The van der Waals surface area contributed by atoms with Crippen LogP contribution in [0.4, 0.5) is 5.69 Å². The highest BCUT2D eigenvalue weighted by atomic mass is 35.5. The van der Waals surface area contributed by atoms with Crippen molar-refractivity contribution in [3.8, 4) is 23.0 Å². The Hall–Kier alpha value is -9.11. The number of amides is 5. The zero-order valence-electron chi connectivity index (χ0n) is 67.6. The maximum absolute atomic E-state index is 13.9. The van der Waals surface area contributed by atoms with Gasteiger partial charge in [0.2, 0.25) is 17.7 Å². The van der Waals surface area contributed by atoms with Gasteiger partial charge in [0.05, 0.1) is 100 Å². The number of rotatable bonds is 13. The van der Waals surface area contributed by atoms with Crippen LogP contribution in [0.15, 0.2) is 97.6 Å². The Kier molecular flexibility index (Phi) is 29.9. The lowest BCUT2D eigenvalue weighted by Gasteiger charge is -2.42. The van der Waals surface area contributed by atoms with Crippen LogP contribution < -0.4 is 34.5 Å². The highest BCUT2D eigenvalue weighted by Crippen LogP contribution is 2.49. The Balaban J connectivity index is 0.000000136. The molecule has 18 rings (SSSR count). The maximum atomic E-state index is 13.9. The molecule has 10 fully saturated rings. The lowest BCUT2D eigenvalue weighted by molar-refractivity contribution is -0.134. The van der Waals surface area contributed by atoms with Crippen molar-refractivity contribution in [3.05, 3.63) is 135 Å². The SMILES string of the molecule is C1CCC2(C1)CCNCC2.CCOC(=O)c1cnc2ccc(OC)cc2c1Cl.COc1ccc2ncc(C(=O)N3CCN(C(=O)C4CC4)CC3)c(Cl)c2c1.COc1ccc2ncc(C(=O)N3CCN(C(=O)C4CC4)CC3)c(N3CCC4(CCCC4)CC3)c2c1.COc1ccc2ncc(C(=O)O)c(Cl)c2c1.Cl.O=C(C1CC1)N1CCNCC1. The van der Waals surface area contributed by atoms with Crippen molar-refractivity contribution in [1.29, 1.82) is 0 Å². The molecule has 4 aromatic heterocycles. The summed E-state index contributed by atoms with van der Waals surface area (Å²) in [5.74, 6) is 2.76. The Morgan fingerprint density at radius 2 is 0.735 bits per heavy atom. The Morgan fingerprint density at radius 3 is 1.13 bits per heavy atom. The number of aromatic nitrogens is 4. The quantitative estimate of drug-likeness (QED) is 0.0904. The summed E-state index contributed by atoms with van der Waals surface area (Å²) in [6, 6.07) is 21.8. The second-order valence-electron chi connectivity index (χ2n) is 31.8. The molecule has 2 spiro atoms. The number of methoxy groups -OCH3 is 4. The van der Waals surface area contributed by atoms with Gasteiger partial charge in [-0.25, -0.2) is 9.59 Å². The molecule has 5 saturated heterocycles. The minimum atomic E-state index is -1.10. The topological polar surface area (TPSA) is 281 Å². The van der Waals surface area contributed by atoms with E-state index in [9.17, 15) is 33.6 Å². The molecule has 8 aromatic rings. The van der Waals surface area contributed by atoms with Gasteiger partial charge in [-0.3, -0.25) is 43.9 Å². The van der Waals surface area contributed by atoms with E-state index in [0.29, 0.717) is 147 Å². The van der Waals surface area contributed by atoms with Crippen molar-refractivity contribution >= 4 is 138 Å². The van der Waals surface area contributed by atoms with Crippen LogP contribution in [0.5, 0.6) is 23.0 Å². The smallest absolute Gasteiger partial charge is 0.341 e. The van der Waals surface area contributed by atoms with Crippen LogP contribution in [0.2, 0.25) is 15.1 Å². The number of nitrogens with zero attached hydrogens (tertiary/aromatic N) is 10. The van der Waals surface area contributed by atoms with Crippen molar-refractivity contribution in [3.63, 3.8) is 0 Å². The molecule has 5 amide bonds. The third-order valence-electron chi connectivity index (χ3n) is 24.4. The second-order valence-corrected chi connectivity index (χ2v) is 33.0. The number of aromatic carboxylic acids is 1. The Bertz CT molecular complexity index is 4860. The van der Waals surface area contributed by atoms with Gasteiger partial charge in [0, 0.05) is 156 Å². The minimum absolute atomic E-state index is 0. The van der Waals surface area contributed by atoms with Crippen LogP contribution in [0.1, 0.15) is 164 Å². The van der Waals surface area contributed by atoms with Crippen LogP contribution in [0.25, 0.3) is 43.6 Å². The van der Waals surface area contributed by atoms with Crippen LogP contribution >= 0.6 is 47.2 Å². The van der Waals surface area contributed by atoms with Crippen LogP contribution in [0.3, 0.4) is 0 Å². The highest BCUT2D eigenvalue weighted by molar-refractivity contribution is 6.39. The Labute approximate surface area is 704 Å². The van der Waals surface area contributed by atoms with E-state index in [1.54, 1.807) is 81.8 Å². The molecule has 0 bridgehead atoms. The van der Waals surface area contributed by atoms with Crippen LogP contribution in [-0.2, 0) is 19.1 Å². The van der Waals surface area contributed by atoms with Crippen molar-refractivity contribution in [2.45, 2.75) is 122 Å². The van der Waals surface area contributed by atoms with Gasteiger partial charge in [-0.15, -0.1) is 12.4 Å². The number of benzene rings is 4. The molecule has 0 radical (unpaired) electrons. The zero-order chi connectivity index (χ0) is 81.6. The van der Waals surface area contributed by atoms with E-state index >= 15 is 0 Å². The second kappa shape index (κ2) is 40.1. The summed E-state index contributed by atoms with van der Waals surface area (Å²) in [5.41, 5.74) is 6.57. The van der Waals surface area contributed by atoms with Crippen LogP contribution in [-0.4, -0.2) is 231 Å². The third kappa shape index (κ3) is 21.3. The van der Waals surface area contributed by atoms with Crippen molar-refractivity contribution in [1.82, 2.24) is 55.1 Å². The fourth-order valence-corrected chi connectivity index (χ4v) is 17.7. The summed E-state index contributed by atoms with van der Waals surface area (Å²) in [6.07, 6.45) is 29.0. The average molecular weight is 1680 g/mol. The van der Waals surface area contributed by atoms with Crippen molar-refractivity contribution in [2.75, 3.05) is 145 Å². The van der Waals surface area contributed by atoms with Crippen LogP contribution in [0, 0.1) is 28.6 Å². The number of carboxylic acid groups (broad SMARTS) is 1. The van der Waals surface area contributed by atoms with Gasteiger partial charge in [-0.2, -0.15) is 0 Å². The van der Waals surface area contributed by atoms with Gasteiger partial charge < -0.3 is 68.8 Å². The number of carboxylic acids is 1. The molecule has 25 nitrogen and oxygen atoms in total. The number of ether oxygens (including phenoxy) is 5. The summed E-state index contributed by atoms with van der Waals surface area (Å²) in [6.45, 7) is 14.9. The molecule has 3 N–H and O–H groups in total. The predicted molar refractivity (Wildman–Crippen MR) is 456 cm³/mol. The zero-order valence-corrected chi connectivity index (χ0v) is 70.7. The predicted octanol–water partition coefficient (Wildman–Crippen LogP) is 14.5. The summed E-state index contributed by atoms with van der Waals surface area (Å²) >= 11 is 18.7. The molecule has 5 saturated carbocycles. The molecule has 4 aromatic carbocycles. The van der Waals surface area contributed by atoms with Gasteiger partial charge in [-0.1, -0.05) is 60.5 Å². The van der Waals surface area contributed by atoms with E-state index < -0.39 is 11.9 Å². The minimum Gasteiger partial charge on any atom is -0.497 e. The normalized spacial score (nSPS) is 18.6. The molecule has 0 atom stereocenters. The fraction of sp³-hybridized carbons (Fsp3) is 0.511. The lowest BCUT2D eigenvalue weighted by atomic mass is 9.77. The summed E-state index contributed by atoms with van der Waals surface area (Å²) in [7, 11) is 6.36. The van der Waals surface area contributed by atoms with Crippen molar-refractivity contribution < 1.29 is 62.4 Å². The number of esters is 1. The van der Waals surface area contributed by atoms with E-state index in [-0.39, 0.29) is 64.0 Å². The van der Waals surface area contributed by atoms with Crippen molar-refractivity contribution in [2.24, 2.45) is 28.6 Å². The number of anilines is 1. The number of fused-ring (bicyclic) bond motifs is 4. The lowest BCUT2D eigenvalue weighted by Crippen LogP contribution is -2.51. The van der Waals surface area contributed by atoms with E-state index in [4.69, 9.17) is 63.6 Å². The Morgan fingerprint density at radius 1 is 0.410 bits per heavy atom. The number of piperidine rings is 2. The number of piperazine rings is 3. The number of pyridine rings is 4. The molecule has 626 valence electrons. The first-order valence-electron chi connectivity index (χ1n) is 41.1. The number of hydrogen-bond acceptors (Lipinski definition) is 19. The molecule has 0 unspecified atom stereocenters. The number of halogens is 4. The van der Waals surface area contributed by atoms with E-state index in [1.807, 2.05) is 49.9 Å². The maximum Gasteiger partial charge on any atom is 0.341 e. The molecular weight excluding hydrogens is 1570 g/mol. The average Bonchev–Trinajstić information content (AvgIpc) is 1.71. The number of hydrogen-bond donors (Lipinski definition) is 3. The summed E-state index contributed by atoms with van der Waals surface area (Å²) < 4.78 is 25.9. The van der Waals surface area contributed by atoms with E-state index in [2.05, 4.69) is 35.5 Å². The monoisotopic (exact) mass is 1680 g/mol. The standard InChI is InChI=1S/C28H36N4O3.C19H20ClN3O3.C13H12ClNO3.C11H8ClNO3.C9H17N.C8H14N2O.ClH/c1-35-21-6-7-24-22(18-21)25(30-12-10-28(11-13-30)8-2-3-9-28)23(19-29-24)27(34)32-16-14-31(15-17-32)26(33)20-4-5-20;1-26-13-4-5-16-14(10-13)17(20)15(11-21-16)19(25)23-8-6-22(7-9-23)18(24)12-2-3-12;1-3-18-13(16)10-7-15-11-5-4-8(17-2)6-9(11)12(10)14;1-16-6-2-3-9-7(4-6)10(12)8(5-13-9)11(14)15;1-2-4-9(3-1)5-7-10-8-6-9;11-8(7-1-2-7)10-5-3-9-4-6-10;/h6-7,18-20H,2-5,8-17H2,1H3;4-5,10-12H,2-3,6-9H2,1H3;4-7H,3H2,1-2H3;2-5H,1H3,(H,14,15);10H,1-8H2;7,9H,1-6H2;1H. The molecule has 5 aliphatic carbocycles. The molecule has 29 heteroatoms. The molecular formula is C88H108Cl4N12O13. The first kappa shape index (κ1) is 87.2. The largest absolute Gasteiger partial charge is 0.497 e. The number of carbonyl (C=O) groups excluding carboxylic acids is 6. The van der Waals surface area contributed by atoms with Gasteiger partial charge in [-0.05, 0) is 194 Å². The van der Waals surface area contributed by atoms with E-state index in [1.165, 1.54) is 116 Å². The van der Waals surface area contributed by atoms with Gasteiger partial charge >= 0.3 is 11.9 Å². The van der Waals surface area contributed by atoms with Gasteiger partial charge in [0.1, 0.15) is 23.0 Å². The van der Waals surface area contributed by atoms with E-state index in [0.717, 1.165) is 106 Å². The first-order valence-corrected chi connectivity index (χ1v) is 42.2. The molecule has 10 aliphatic rings. The molecule has 5 aliphatic heterocycles. The number of carbonyl (C=O) groups is 7. The first-order chi connectivity index (χ1) is 56.2.